The second kappa shape index (κ2) is 8.16. The number of guanidine groups is 1. The van der Waals surface area contributed by atoms with E-state index < -0.39 is 0 Å². The highest BCUT2D eigenvalue weighted by molar-refractivity contribution is 5.80. The Bertz CT molecular complexity index is 758. The Kier molecular flexibility index (Phi) is 5.70. The van der Waals surface area contributed by atoms with E-state index in [0.29, 0.717) is 12.3 Å². The molecule has 0 bridgehead atoms. The fourth-order valence-electron chi connectivity index (χ4n) is 2.97. The molecule has 2 atom stereocenters. The molecule has 1 aliphatic rings. The number of hydrogen-bond donors (Lipinski definition) is 2. The number of nitrogens with one attached hydrogen (secondary N) is 2. The maximum atomic E-state index is 12.9. The van der Waals surface area contributed by atoms with Gasteiger partial charge in [0.15, 0.2) is 5.96 Å². The van der Waals surface area contributed by atoms with Crippen LogP contribution in [0, 0.1) is 12.7 Å². The summed E-state index contributed by atoms with van der Waals surface area (Å²) in [7, 11) is 1.74. The van der Waals surface area contributed by atoms with Crippen LogP contribution in [0.2, 0.25) is 0 Å². The summed E-state index contributed by atoms with van der Waals surface area (Å²) in [5.74, 6) is 2.96. The Morgan fingerprint density at radius 3 is 2.92 bits per heavy atom. The zero-order valence-electron chi connectivity index (χ0n) is 15.4. The maximum absolute atomic E-state index is 12.9. The minimum absolute atomic E-state index is 0.0880. The number of benzene rings is 1. The Balaban J connectivity index is 1.46. The molecule has 0 aliphatic carbocycles. The normalized spacial score (nSPS) is 18.2. The van der Waals surface area contributed by atoms with Gasteiger partial charge in [-0.05, 0) is 44.5 Å². The Morgan fingerprint density at radius 2 is 2.19 bits per heavy atom. The number of aryl methyl sites for hydroxylation is 2. The molecule has 0 amide bonds. The van der Waals surface area contributed by atoms with E-state index >= 15 is 0 Å². The summed E-state index contributed by atoms with van der Waals surface area (Å²) >= 11 is 0. The highest BCUT2D eigenvalue weighted by Gasteiger charge is 2.21. The molecular formula is C18H25FN6O. The third-order valence-electron chi connectivity index (χ3n) is 4.24. The largest absolute Gasteiger partial charge is 0.489 e. The van der Waals surface area contributed by atoms with Crippen LogP contribution >= 0.6 is 0 Å². The van der Waals surface area contributed by atoms with Gasteiger partial charge >= 0.3 is 0 Å². The van der Waals surface area contributed by atoms with Crippen LogP contribution in [0.15, 0.2) is 29.3 Å². The molecule has 1 aliphatic heterocycles. The molecule has 140 valence electrons. The summed E-state index contributed by atoms with van der Waals surface area (Å²) in [5, 5.41) is 11.1. The highest BCUT2D eigenvalue weighted by atomic mass is 19.1. The summed E-state index contributed by atoms with van der Waals surface area (Å²) < 4.78 is 20.7. The van der Waals surface area contributed by atoms with Crippen LogP contribution in [-0.4, -0.2) is 46.5 Å². The Hall–Kier alpha value is -2.64. The first kappa shape index (κ1) is 18.2. The standard InChI is InChI=1S/C18H25FN6O/c1-12(26-16-7-4-14(19)5-8-16)10-21-18(20-3)23-15-6-9-17-22-13(2)24-25(17)11-15/h4-5,7-8,12,15H,6,9-11H2,1-3H3,(H2,20,21,23). The van der Waals surface area contributed by atoms with Gasteiger partial charge in [0.05, 0.1) is 13.1 Å². The van der Waals surface area contributed by atoms with Crippen LogP contribution in [0.25, 0.3) is 0 Å². The van der Waals surface area contributed by atoms with E-state index in [9.17, 15) is 4.39 Å². The molecule has 2 heterocycles. The van der Waals surface area contributed by atoms with Crippen molar-refractivity contribution in [3.63, 3.8) is 0 Å². The molecule has 3 rings (SSSR count). The number of halogens is 1. The Morgan fingerprint density at radius 1 is 1.42 bits per heavy atom. The van der Waals surface area contributed by atoms with Crippen LogP contribution in [0.4, 0.5) is 4.39 Å². The molecular weight excluding hydrogens is 335 g/mol. The van der Waals surface area contributed by atoms with E-state index in [1.54, 1.807) is 19.2 Å². The fraction of sp³-hybridized carbons (Fsp3) is 0.500. The lowest BCUT2D eigenvalue weighted by molar-refractivity contribution is 0.223. The zero-order valence-corrected chi connectivity index (χ0v) is 15.4. The van der Waals surface area contributed by atoms with Crippen LogP contribution < -0.4 is 15.4 Å². The topological polar surface area (TPSA) is 76.4 Å². The van der Waals surface area contributed by atoms with Crippen molar-refractivity contribution in [2.75, 3.05) is 13.6 Å². The molecule has 2 unspecified atom stereocenters. The Labute approximate surface area is 152 Å². The molecule has 0 fully saturated rings. The first-order valence-corrected chi connectivity index (χ1v) is 8.83. The molecule has 7 nitrogen and oxygen atoms in total. The van der Waals surface area contributed by atoms with Crippen LogP contribution in [0.5, 0.6) is 5.75 Å². The second-order valence-electron chi connectivity index (χ2n) is 6.47. The number of aromatic nitrogens is 3. The lowest BCUT2D eigenvalue weighted by Crippen LogP contribution is -2.48. The predicted molar refractivity (Wildman–Crippen MR) is 97.9 cm³/mol. The molecule has 0 saturated carbocycles. The van der Waals surface area contributed by atoms with Crippen molar-refractivity contribution in [1.29, 1.82) is 0 Å². The smallest absolute Gasteiger partial charge is 0.191 e. The van der Waals surface area contributed by atoms with Crippen molar-refractivity contribution >= 4 is 5.96 Å². The number of nitrogens with zero attached hydrogens (tertiary/aromatic N) is 4. The maximum Gasteiger partial charge on any atom is 0.191 e. The van der Waals surface area contributed by atoms with E-state index in [-0.39, 0.29) is 18.0 Å². The number of fused-ring (bicyclic) bond motifs is 1. The van der Waals surface area contributed by atoms with Gasteiger partial charge in [-0.2, -0.15) is 5.10 Å². The van der Waals surface area contributed by atoms with Gasteiger partial charge in [0, 0.05) is 19.5 Å². The summed E-state index contributed by atoms with van der Waals surface area (Å²) in [6.45, 7) is 5.22. The quantitative estimate of drug-likeness (QED) is 0.627. The SMILES string of the molecule is CN=C(NCC(C)Oc1ccc(F)cc1)NC1CCc2nc(C)nn2C1. The first-order chi connectivity index (χ1) is 12.5. The molecule has 8 heteroatoms. The van der Waals surface area contributed by atoms with Gasteiger partial charge in [-0.1, -0.05) is 0 Å². The van der Waals surface area contributed by atoms with Crippen molar-refractivity contribution < 1.29 is 9.13 Å². The first-order valence-electron chi connectivity index (χ1n) is 8.83. The fourth-order valence-corrected chi connectivity index (χ4v) is 2.97. The lowest BCUT2D eigenvalue weighted by atomic mass is 10.1. The number of hydrogen-bond acceptors (Lipinski definition) is 4. The van der Waals surface area contributed by atoms with Crippen molar-refractivity contribution in [1.82, 2.24) is 25.4 Å². The highest BCUT2D eigenvalue weighted by Crippen LogP contribution is 2.14. The number of aliphatic imine (C=N–C) groups is 1. The van der Waals surface area contributed by atoms with Crippen molar-refractivity contribution in [2.45, 2.75) is 45.4 Å². The van der Waals surface area contributed by atoms with Crippen molar-refractivity contribution in [2.24, 2.45) is 4.99 Å². The van der Waals surface area contributed by atoms with Gasteiger partial charge in [0.25, 0.3) is 0 Å². The van der Waals surface area contributed by atoms with E-state index in [1.807, 2.05) is 18.5 Å². The van der Waals surface area contributed by atoms with Gasteiger partial charge in [-0.25, -0.2) is 14.1 Å². The molecule has 1 aromatic carbocycles. The van der Waals surface area contributed by atoms with Crippen LogP contribution in [-0.2, 0) is 13.0 Å². The number of ether oxygens (including phenoxy) is 1. The monoisotopic (exact) mass is 360 g/mol. The van der Waals surface area contributed by atoms with Gasteiger partial charge in [0.2, 0.25) is 0 Å². The van der Waals surface area contributed by atoms with Gasteiger partial charge in [0.1, 0.15) is 29.3 Å². The summed E-state index contributed by atoms with van der Waals surface area (Å²) in [5.41, 5.74) is 0. The van der Waals surface area contributed by atoms with E-state index in [1.165, 1.54) is 12.1 Å². The van der Waals surface area contributed by atoms with Gasteiger partial charge in [-0.3, -0.25) is 4.99 Å². The van der Waals surface area contributed by atoms with Gasteiger partial charge in [-0.15, -0.1) is 0 Å². The van der Waals surface area contributed by atoms with Crippen molar-refractivity contribution in [3.05, 3.63) is 41.7 Å². The molecule has 2 aromatic rings. The summed E-state index contributed by atoms with van der Waals surface area (Å²) in [6.07, 6.45) is 1.80. The molecule has 1 aromatic heterocycles. The molecule has 2 N–H and O–H groups in total. The minimum atomic E-state index is -0.272. The van der Waals surface area contributed by atoms with Crippen LogP contribution in [0.1, 0.15) is 25.0 Å². The van der Waals surface area contributed by atoms with Crippen molar-refractivity contribution in [3.8, 4) is 5.75 Å². The second-order valence-corrected chi connectivity index (χ2v) is 6.47. The third-order valence-corrected chi connectivity index (χ3v) is 4.24. The summed E-state index contributed by atoms with van der Waals surface area (Å²) in [4.78, 5) is 8.71. The van der Waals surface area contributed by atoms with E-state index in [4.69, 9.17) is 4.74 Å². The molecule has 0 saturated heterocycles. The number of rotatable bonds is 5. The van der Waals surface area contributed by atoms with Crippen LogP contribution in [0.3, 0.4) is 0 Å². The van der Waals surface area contributed by atoms with E-state index in [2.05, 4.69) is 25.7 Å². The lowest BCUT2D eigenvalue weighted by Gasteiger charge is -2.26. The predicted octanol–water partition coefficient (Wildman–Crippen LogP) is 1.67. The zero-order chi connectivity index (χ0) is 18.5. The molecule has 0 spiro atoms. The average molecular weight is 360 g/mol. The average Bonchev–Trinajstić information content (AvgIpc) is 2.99. The van der Waals surface area contributed by atoms with E-state index in [0.717, 1.165) is 37.0 Å². The summed E-state index contributed by atoms with van der Waals surface area (Å²) in [6, 6.07) is 6.28. The minimum Gasteiger partial charge on any atom is -0.489 e. The molecule has 26 heavy (non-hydrogen) atoms. The van der Waals surface area contributed by atoms with Gasteiger partial charge < -0.3 is 15.4 Å². The third kappa shape index (κ3) is 4.71. The molecule has 0 radical (unpaired) electrons.